The third-order valence-electron chi connectivity index (χ3n) is 2.92. The van der Waals surface area contributed by atoms with Crippen LogP contribution in [0.1, 0.15) is 5.56 Å². The second kappa shape index (κ2) is 8.84. The SMILES string of the molecule is O=c1c(OCc2ccccc2)cccn1CCOCCI. The summed E-state index contributed by atoms with van der Waals surface area (Å²) in [6, 6.07) is 13.3. The molecule has 0 aliphatic rings. The Labute approximate surface area is 137 Å². The molecule has 2 aromatic rings. The van der Waals surface area contributed by atoms with Crippen molar-refractivity contribution < 1.29 is 9.47 Å². The van der Waals surface area contributed by atoms with Crippen molar-refractivity contribution in [3.8, 4) is 5.75 Å². The van der Waals surface area contributed by atoms with Crippen LogP contribution >= 0.6 is 22.6 Å². The Bertz CT molecular complexity index is 598. The Balaban J connectivity index is 1.95. The molecule has 1 aromatic heterocycles. The van der Waals surface area contributed by atoms with Gasteiger partial charge in [-0.05, 0) is 17.7 Å². The zero-order valence-corrected chi connectivity index (χ0v) is 13.9. The number of alkyl halides is 1. The number of nitrogens with zero attached hydrogens (tertiary/aromatic N) is 1. The molecule has 0 spiro atoms. The lowest BCUT2D eigenvalue weighted by Crippen LogP contribution is -2.23. The van der Waals surface area contributed by atoms with Crippen molar-refractivity contribution in [3.63, 3.8) is 0 Å². The van der Waals surface area contributed by atoms with Gasteiger partial charge >= 0.3 is 0 Å². The number of ether oxygens (including phenoxy) is 2. The number of halogens is 1. The van der Waals surface area contributed by atoms with Crippen molar-refractivity contribution in [2.75, 3.05) is 17.6 Å². The molecule has 1 aromatic carbocycles. The first-order valence-electron chi connectivity index (χ1n) is 6.81. The van der Waals surface area contributed by atoms with Crippen LogP contribution < -0.4 is 10.3 Å². The molecule has 0 aliphatic heterocycles. The van der Waals surface area contributed by atoms with Crippen LogP contribution in [0.3, 0.4) is 0 Å². The molecule has 112 valence electrons. The highest BCUT2D eigenvalue weighted by Gasteiger charge is 2.04. The van der Waals surface area contributed by atoms with E-state index in [1.54, 1.807) is 16.8 Å². The van der Waals surface area contributed by atoms with Crippen LogP contribution in [0.5, 0.6) is 5.75 Å². The molecule has 0 amide bonds. The predicted octanol–water partition coefficient (Wildman–Crippen LogP) is 2.88. The largest absolute Gasteiger partial charge is 0.483 e. The minimum Gasteiger partial charge on any atom is -0.483 e. The molecular weight excluding hydrogens is 381 g/mol. The molecule has 5 heteroatoms. The van der Waals surface area contributed by atoms with Crippen molar-refractivity contribution in [1.29, 1.82) is 0 Å². The zero-order chi connectivity index (χ0) is 14.9. The molecule has 2 rings (SSSR count). The number of aromatic nitrogens is 1. The Hall–Kier alpha value is -1.34. The van der Waals surface area contributed by atoms with E-state index in [9.17, 15) is 4.79 Å². The van der Waals surface area contributed by atoms with E-state index in [0.29, 0.717) is 32.1 Å². The van der Waals surface area contributed by atoms with Gasteiger partial charge in [0.05, 0.1) is 13.2 Å². The zero-order valence-electron chi connectivity index (χ0n) is 11.7. The molecule has 0 saturated heterocycles. The maximum atomic E-state index is 12.2. The number of rotatable bonds is 8. The highest BCUT2D eigenvalue weighted by atomic mass is 127. The lowest BCUT2D eigenvalue weighted by molar-refractivity contribution is 0.141. The minimum atomic E-state index is -0.119. The van der Waals surface area contributed by atoms with Gasteiger partial charge in [0, 0.05) is 17.2 Å². The Morgan fingerprint density at radius 2 is 1.86 bits per heavy atom. The molecular formula is C16H18INO3. The third-order valence-corrected chi connectivity index (χ3v) is 3.36. The summed E-state index contributed by atoms with van der Waals surface area (Å²) < 4.78 is 13.6. The van der Waals surface area contributed by atoms with E-state index >= 15 is 0 Å². The topological polar surface area (TPSA) is 40.5 Å². The Kier molecular flexibility index (Phi) is 6.75. The molecule has 4 nitrogen and oxygen atoms in total. The molecule has 21 heavy (non-hydrogen) atoms. The lowest BCUT2D eigenvalue weighted by Gasteiger charge is -2.09. The van der Waals surface area contributed by atoms with Crippen LogP contribution in [0.2, 0.25) is 0 Å². The van der Waals surface area contributed by atoms with Crippen molar-refractivity contribution in [1.82, 2.24) is 4.57 Å². The summed E-state index contributed by atoms with van der Waals surface area (Å²) >= 11 is 2.26. The summed E-state index contributed by atoms with van der Waals surface area (Å²) in [7, 11) is 0. The quantitative estimate of drug-likeness (QED) is 0.390. The van der Waals surface area contributed by atoms with Gasteiger partial charge in [0.15, 0.2) is 5.75 Å². The van der Waals surface area contributed by atoms with Crippen LogP contribution in [0.25, 0.3) is 0 Å². The number of hydrogen-bond acceptors (Lipinski definition) is 3. The van der Waals surface area contributed by atoms with Gasteiger partial charge in [-0.25, -0.2) is 0 Å². The molecule has 0 bridgehead atoms. The van der Waals surface area contributed by atoms with Gasteiger partial charge in [-0.1, -0.05) is 52.9 Å². The van der Waals surface area contributed by atoms with Gasteiger partial charge in [-0.3, -0.25) is 4.79 Å². The summed E-state index contributed by atoms with van der Waals surface area (Å²) in [6.07, 6.45) is 1.76. The lowest BCUT2D eigenvalue weighted by atomic mass is 10.2. The fraction of sp³-hybridized carbons (Fsp3) is 0.312. The first-order chi connectivity index (χ1) is 10.3. The average Bonchev–Trinajstić information content (AvgIpc) is 2.53. The van der Waals surface area contributed by atoms with Crippen LogP contribution in [0, 0.1) is 0 Å². The third kappa shape index (κ3) is 5.17. The number of pyridine rings is 1. The van der Waals surface area contributed by atoms with Crippen molar-refractivity contribution in [3.05, 3.63) is 64.6 Å². The molecule has 1 heterocycles. The van der Waals surface area contributed by atoms with Gasteiger partial charge < -0.3 is 14.0 Å². The second-order valence-electron chi connectivity index (χ2n) is 4.45. The van der Waals surface area contributed by atoms with E-state index in [1.165, 1.54) is 0 Å². The fourth-order valence-corrected chi connectivity index (χ4v) is 2.17. The van der Waals surface area contributed by atoms with Gasteiger partial charge in [0.2, 0.25) is 0 Å². The van der Waals surface area contributed by atoms with E-state index in [1.807, 2.05) is 36.4 Å². The van der Waals surface area contributed by atoms with Crippen molar-refractivity contribution >= 4 is 22.6 Å². The minimum absolute atomic E-state index is 0.119. The highest BCUT2D eigenvalue weighted by molar-refractivity contribution is 14.1. The van der Waals surface area contributed by atoms with Crippen LogP contribution in [0.15, 0.2) is 53.5 Å². The van der Waals surface area contributed by atoms with Crippen LogP contribution in [0.4, 0.5) is 0 Å². The molecule has 0 aliphatic carbocycles. The summed E-state index contributed by atoms with van der Waals surface area (Å²) in [4.78, 5) is 12.2. The fourth-order valence-electron chi connectivity index (χ4n) is 1.86. The van der Waals surface area contributed by atoms with E-state index < -0.39 is 0 Å². The normalized spacial score (nSPS) is 10.5. The summed E-state index contributed by atoms with van der Waals surface area (Å²) in [5.74, 6) is 0.371. The summed E-state index contributed by atoms with van der Waals surface area (Å²) in [5.41, 5.74) is 0.921. The Morgan fingerprint density at radius 1 is 1.05 bits per heavy atom. The maximum Gasteiger partial charge on any atom is 0.292 e. The summed E-state index contributed by atoms with van der Waals surface area (Å²) in [6.45, 7) is 2.17. The first kappa shape index (κ1) is 16.0. The average molecular weight is 399 g/mol. The monoisotopic (exact) mass is 399 g/mol. The number of hydrogen-bond donors (Lipinski definition) is 0. The van der Waals surface area contributed by atoms with Gasteiger partial charge in [-0.15, -0.1) is 0 Å². The smallest absolute Gasteiger partial charge is 0.292 e. The molecule has 0 unspecified atom stereocenters. The predicted molar refractivity (Wildman–Crippen MR) is 91.2 cm³/mol. The van der Waals surface area contributed by atoms with Gasteiger partial charge in [-0.2, -0.15) is 0 Å². The van der Waals surface area contributed by atoms with E-state index in [0.717, 1.165) is 9.99 Å². The van der Waals surface area contributed by atoms with Crippen LogP contribution in [-0.2, 0) is 17.9 Å². The van der Waals surface area contributed by atoms with Gasteiger partial charge in [0.25, 0.3) is 5.56 Å². The molecule has 0 N–H and O–H groups in total. The van der Waals surface area contributed by atoms with E-state index in [2.05, 4.69) is 22.6 Å². The van der Waals surface area contributed by atoms with Gasteiger partial charge in [0.1, 0.15) is 6.61 Å². The number of benzene rings is 1. The van der Waals surface area contributed by atoms with E-state index in [-0.39, 0.29) is 5.56 Å². The second-order valence-corrected chi connectivity index (χ2v) is 5.53. The highest BCUT2D eigenvalue weighted by Crippen LogP contribution is 2.07. The molecule has 0 saturated carbocycles. The molecule has 0 atom stereocenters. The maximum absolute atomic E-state index is 12.2. The molecule has 0 radical (unpaired) electrons. The molecule has 0 fully saturated rings. The standard InChI is InChI=1S/C16H18INO3/c17-8-11-20-12-10-18-9-4-7-15(16(18)19)21-13-14-5-2-1-3-6-14/h1-7,9H,8,10-13H2. The van der Waals surface area contributed by atoms with Crippen LogP contribution in [-0.4, -0.2) is 22.2 Å². The first-order valence-corrected chi connectivity index (χ1v) is 8.33. The van der Waals surface area contributed by atoms with E-state index in [4.69, 9.17) is 9.47 Å². The van der Waals surface area contributed by atoms with Crippen molar-refractivity contribution in [2.24, 2.45) is 0 Å². The summed E-state index contributed by atoms with van der Waals surface area (Å²) in [5, 5.41) is 0. The van der Waals surface area contributed by atoms with Crippen molar-refractivity contribution in [2.45, 2.75) is 13.2 Å². The Morgan fingerprint density at radius 3 is 2.62 bits per heavy atom.